The molecule has 24 heavy (non-hydrogen) atoms. The van der Waals surface area contributed by atoms with Crippen LogP contribution in [0.4, 0.5) is 0 Å². The van der Waals surface area contributed by atoms with E-state index in [1.54, 1.807) is 7.11 Å². The fraction of sp³-hybridized carbons (Fsp3) is 0.190. The van der Waals surface area contributed by atoms with Gasteiger partial charge in [0.05, 0.1) is 7.11 Å². The first kappa shape index (κ1) is 16.7. The van der Waals surface area contributed by atoms with E-state index in [-0.39, 0.29) is 11.7 Å². The lowest BCUT2D eigenvalue weighted by Crippen LogP contribution is -2.10. The number of fused-ring (bicyclic) bond motifs is 1. The third kappa shape index (κ3) is 3.22. The number of methoxy groups -OCH3 is 1. The van der Waals surface area contributed by atoms with Crippen LogP contribution in [-0.2, 0) is 0 Å². The summed E-state index contributed by atoms with van der Waals surface area (Å²) in [5.74, 6) is 0.758. The molecule has 3 aromatic rings. The smallest absolute Gasteiger partial charge is 0.171 e. The van der Waals surface area contributed by atoms with Crippen LogP contribution in [0.15, 0.2) is 59.1 Å². The van der Waals surface area contributed by atoms with Crippen molar-refractivity contribution in [3.63, 3.8) is 0 Å². The molecule has 3 aromatic carbocycles. The monoisotopic (exact) mass is 382 g/mol. The zero-order valence-corrected chi connectivity index (χ0v) is 15.6. The molecule has 0 amide bonds. The average Bonchev–Trinajstić information content (AvgIpc) is 2.59. The normalized spacial score (nSPS) is 12.2. The van der Waals surface area contributed by atoms with E-state index >= 15 is 0 Å². The molecular formula is C21H19BrO2. The molecule has 1 atom stereocenters. The summed E-state index contributed by atoms with van der Waals surface area (Å²) in [6, 6.07) is 18.0. The van der Waals surface area contributed by atoms with Crippen molar-refractivity contribution in [2.24, 2.45) is 0 Å². The third-order valence-corrected chi connectivity index (χ3v) is 5.01. The van der Waals surface area contributed by atoms with Gasteiger partial charge in [-0.3, -0.25) is 4.79 Å². The van der Waals surface area contributed by atoms with Crippen LogP contribution in [0.25, 0.3) is 10.8 Å². The number of Topliss-reactive ketones (excluding diaryl/α,β-unsaturated/α-hetero) is 1. The van der Waals surface area contributed by atoms with Crippen molar-refractivity contribution < 1.29 is 9.53 Å². The molecule has 0 aliphatic carbocycles. The van der Waals surface area contributed by atoms with Crippen molar-refractivity contribution in [3.8, 4) is 5.75 Å². The molecule has 3 rings (SSSR count). The highest BCUT2D eigenvalue weighted by molar-refractivity contribution is 9.10. The molecule has 0 saturated heterocycles. The number of rotatable bonds is 4. The lowest BCUT2D eigenvalue weighted by molar-refractivity contribution is 0.0965. The molecule has 0 fully saturated rings. The molecule has 0 N–H and O–H groups in total. The number of halogens is 1. The topological polar surface area (TPSA) is 26.3 Å². The van der Waals surface area contributed by atoms with Gasteiger partial charge in [0.15, 0.2) is 5.78 Å². The minimum Gasteiger partial charge on any atom is -0.497 e. The summed E-state index contributed by atoms with van der Waals surface area (Å²) in [6.07, 6.45) is 0. The Labute approximate surface area is 150 Å². The van der Waals surface area contributed by atoms with Crippen molar-refractivity contribution in [1.29, 1.82) is 0 Å². The summed E-state index contributed by atoms with van der Waals surface area (Å²) >= 11 is 3.51. The molecule has 0 heterocycles. The first-order valence-corrected chi connectivity index (χ1v) is 8.67. The van der Waals surface area contributed by atoms with Crippen molar-refractivity contribution in [1.82, 2.24) is 0 Å². The predicted molar refractivity (Wildman–Crippen MR) is 102 cm³/mol. The van der Waals surface area contributed by atoms with E-state index in [1.807, 2.05) is 62.4 Å². The van der Waals surface area contributed by atoms with Gasteiger partial charge in [-0.1, -0.05) is 53.2 Å². The number of carbonyl (C=O) groups is 1. The Morgan fingerprint density at radius 2 is 1.71 bits per heavy atom. The second-order valence-electron chi connectivity index (χ2n) is 6.04. The molecular weight excluding hydrogens is 364 g/mol. The summed E-state index contributed by atoms with van der Waals surface area (Å²) < 4.78 is 6.11. The molecule has 1 unspecified atom stereocenters. The maximum Gasteiger partial charge on any atom is 0.171 e. The molecule has 0 aromatic heterocycles. The average molecular weight is 383 g/mol. The summed E-state index contributed by atoms with van der Waals surface area (Å²) in [5.41, 5.74) is 2.87. The van der Waals surface area contributed by atoms with Crippen molar-refractivity contribution in [2.45, 2.75) is 19.8 Å². The Morgan fingerprint density at radius 3 is 2.42 bits per heavy atom. The van der Waals surface area contributed by atoms with Gasteiger partial charge in [0.1, 0.15) is 5.75 Å². The first-order valence-electron chi connectivity index (χ1n) is 7.87. The third-order valence-electron chi connectivity index (χ3n) is 4.35. The van der Waals surface area contributed by atoms with Gasteiger partial charge >= 0.3 is 0 Å². The molecule has 0 aliphatic heterocycles. The van der Waals surface area contributed by atoms with Crippen LogP contribution >= 0.6 is 15.9 Å². The minimum atomic E-state index is -0.199. The van der Waals surface area contributed by atoms with Crippen LogP contribution in [0.5, 0.6) is 5.75 Å². The van der Waals surface area contributed by atoms with E-state index < -0.39 is 0 Å². The molecule has 0 spiro atoms. The molecule has 0 radical (unpaired) electrons. The summed E-state index contributed by atoms with van der Waals surface area (Å²) in [7, 11) is 1.66. The standard InChI is InChI=1S/C21H19BrO2/c1-13-4-9-19(20(22)10-13)21(23)14(2)15-5-6-17-12-18(24-3)8-7-16(17)11-15/h4-12,14H,1-3H3. The predicted octanol–water partition coefficient (Wildman–Crippen LogP) is 5.91. The second-order valence-corrected chi connectivity index (χ2v) is 6.90. The minimum absolute atomic E-state index is 0.120. The quantitative estimate of drug-likeness (QED) is 0.524. The highest BCUT2D eigenvalue weighted by Gasteiger charge is 2.19. The first-order chi connectivity index (χ1) is 11.5. The molecule has 0 saturated carbocycles. The number of hydrogen-bond donors (Lipinski definition) is 0. The highest BCUT2D eigenvalue weighted by atomic mass is 79.9. The van der Waals surface area contributed by atoms with Crippen molar-refractivity contribution in [3.05, 3.63) is 75.8 Å². The van der Waals surface area contributed by atoms with Gasteiger partial charge in [0.25, 0.3) is 0 Å². The zero-order chi connectivity index (χ0) is 17.3. The molecule has 2 nitrogen and oxygen atoms in total. The van der Waals surface area contributed by atoms with Gasteiger partial charge in [-0.25, -0.2) is 0 Å². The van der Waals surface area contributed by atoms with E-state index in [0.717, 1.165) is 37.7 Å². The number of ether oxygens (including phenoxy) is 1. The lowest BCUT2D eigenvalue weighted by Gasteiger charge is -2.14. The maximum absolute atomic E-state index is 12.9. The molecule has 0 bridgehead atoms. The van der Waals surface area contributed by atoms with E-state index in [9.17, 15) is 4.79 Å². The van der Waals surface area contributed by atoms with Gasteiger partial charge in [0.2, 0.25) is 0 Å². The largest absolute Gasteiger partial charge is 0.497 e. The number of ketones is 1. The fourth-order valence-electron chi connectivity index (χ4n) is 2.84. The van der Waals surface area contributed by atoms with Crippen molar-refractivity contribution in [2.75, 3.05) is 7.11 Å². The molecule has 3 heteroatoms. The van der Waals surface area contributed by atoms with Gasteiger partial charge in [-0.05, 0) is 53.1 Å². The van der Waals surface area contributed by atoms with E-state index in [1.165, 1.54) is 0 Å². The van der Waals surface area contributed by atoms with Crippen molar-refractivity contribution >= 4 is 32.5 Å². The Hall–Kier alpha value is -2.13. The Balaban J connectivity index is 1.95. The van der Waals surface area contributed by atoms with E-state index in [4.69, 9.17) is 4.74 Å². The van der Waals surface area contributed by atoms with Gasteiger partial charge in [0, 0.05) is 16.0 Å². The number of hydrogen-bond acceptors (Lipinski definition) is 2. The summed E-state index contributed by atoms with van der Waals surface area (Å²) in [6.45, 7) is 3.97. The van der Waals surface area contributed by atoms with Crippen LogP contribution in [-0.4, -0.2) is 12.9 Å². The zero-order valence-electron chi connectivity index (χ0n) is 14.0. The van der Waals surface area contributed by atoms with Gasteiger partial charge in [-0.15, -0.1) is 0 Å². The van der Waals surface area contributed by atoms with Crippen LogP contribution in [0, 0.1) is 6.92 Å². The molecule has 122 valence electrons. The summed E-state index contributed by atoms with van der Waals surface area (Å²) in [5, 5.41) is 2.21. The Kier molecular flexibility index (Phi) is 4.72. The lowest BCUT2D eigenvalue weighted by atomic mass is 9.90. The van der Waals surface area contributed by atoms with Crippen LogP contribution < -0.4 is 4.74 Å². The maximum atomic E-state index is 12.9. The Bertz CT molecular complexity index is 915. The van der Waals surface area contributed by atoms with Gasteiger partial charge < -0.3 is 4.74 Å². The van der Waals surface area contributed by atoms with E-state index in [0.29, 0.717) is 0 Å². The Morgan fingerprint density at radius 1 is 1.00 bits per heavy atom. The van der Waals surface area contributed by atoms with E-state index in [2.05, 4.69) is 22.0 Å². The number of carbonyl (C=O) groups excluding carboxylic acids is 1. The highest BCUT2D eigenvalue weighted by Crippen LogP contribution is 2.29. The van der Waals surface area contributed by atoms with Crippen LogP contribution in [0.2, 0.25) is 0 Å². The fourth-order valence-corrected chi connectivity index (χ4v) is 3.53. The summed E-state index contributed by atoms with van der Waals surface area (Å²) in [4.78, 5) is 12.9. The number of aryl methyl sites for hydroxylation is 1. The SMILES string of the molecule is COc1ccc2cc(C(C)C(=O)c3ccc(C)cc3Br)ccc2c1. The number of benzene rings is 3. The van der Waals surface area contributed by atoms with Crippen LogP contribution in [0.1, 0.15) is 34.3 Å². The van der Waals surface area contributed by atoms with Gasteiger partial charge in [-0.2, -0.15) is 0 Å². The van der Waals surface area contributed by atoms with Crippen LogP contribution in [0.3, 0.4) is 0 Å². The second kappa shape index (κ2) is 6.78. The molecule has 0 aliphatic rings.